The fourth-order valence-corrected chi connectivity index (χ4v) is 1.52. The second-order valence-electron chi connectivity index (χ2n) is 3.89. The molecule has 0 saturated heterocycles. The zero-order chi connectivity index (χ0) is 8.32. The lowest BCUT2D eigenvalue weighted by Crippen LogP contribution is -2.18. The van der Waals surface area contributed by atoms with E-state index in [9.17, 15) is 0 Å². The quantitative estimate of drug-likeness (QED) is 0.606. The predicted octanol–water partition coefficient (Wildman–Crippen LogP) is 2.51. The van der Waals surface area contributed by atoms with Crippen molar-refractivity contribution in [2.24, 2.45) is 5.41 Å². The zero-order valence-electron chi connectivity index (χ0n) is 7.56. The van der Waals surface area contributed by atoms with E-state index < -0.39 is 0 Å². The van der Waals surface area contributed by atoms with Crippen LogP contribution in [0.4, 0.5) is 0 Å². The second kappa shape index (κ2) is 3.40. The van der Waals surface area contributed by atoms with Crippen LogP contribution in [0.3, 0.4) is 0 Å². The van der Waals surface area contributed by atoms with Crippen LogP contribution in [0.5, 0.6) is 0 Å². The van der Waals surface area contributed by atoms with Gasteiger partial charge in [0, 0.05) is 0 Å². The highest BCUT2D eigenvalue weighted by molar-refractivity contribution is 5.08. The summed E-state index contributed by atoms with van der Waals surface area (Å²) in [5.41, 5.74) is 1.74. The first kappa shape index (κ1) is 8.79. The molecular formula is C10H18O. The first-order valence-electron chi connectivity index (χ1n) is 4.49. The standard InChI is InChI=1S/C10H18O/c1-3-10(2)6-4-9(8-11)5-7-10/h4,11H,3,5-8H2,1-2H3. The molecule has 1 atom stereocenters. The summed E-state index contributed by atoms with van der Waals surface area (Å²) in [6.07, 6.45) is 6.96. The number of aliphatic hydroxyl groups excluding tert-OH is 1. The maximum absolute atomic E-state index is 8.87. The van der Waals surface area contributed by atoms with Gasteiger partial charge in [0.25, 0.3) is 0 Å². The zero-order valence-corrected chi connectivity index (χ0v) is 7.56. The topological polar surface area (TPSA) is 20.2 Å². The molecule has 0 aliphatic heterocycles. The molecule has 1 aliphatic rings. The van der Waals surface area contributed by atoms with Crippen LogP contribution < -0.4 is 0 Å². The molecular weight excluding hydrogens is 136 g/mol. The summed E-state index contributed by atoms with van der Waals surface area (Å²) in [4.78, 5) is 0. The lowest BCUT2D eigenvalue weighted by molar-refractivity contribution is 0.256. The predicted molar refractivity (Wildman–Crippen MR) is 47.4 cm³/mol. The molecule has 0 aromatic rings. The lowest BCUT2D eigenvalue weighted by Gasteiger charge is -2.31. The first-order valence-corrected chi connectivity index (χ1v) is 4.49. The molecule has 0 fully saturated rings. The highest BCUT2D eigenvalue weighted by atomic mass is 16.3. The molecule has 0 spiro atoms. The van der Waals surface area contributed by atoms with E-state index in [0.717, 1.165) is 12.8 Å². The number of hydrogen-bond donors (Lipinski definition) is 1. The van der Waals surface area contributed by atoms with Crippen LogP contribution in [-0.2, 0) is 0 Å². The molecule has 11 heavy (non-hydrogen) atoms. The van der Waals surface area contributed by atoms with Gasteiger partial charge in [-0.05, 0) is 30.3 Å². The molecule has 1 nitrogen and oxygen atoms in total. The van der Waals surface area contributed by atoms with Crippen LogP contribution >= 0.6 is 0 Å². The Kier molecular flexibility index (Phi) is 2.72. The van der Waals surface area contributed by atoms with E-state index in [1.165, 1.54) is 18.4 Å². The summed E-state index contributed by atoms with van der Waals surface area (Å²) in [6, 6.07) is 0. The molecule has 1 unspecified atom stereocenters. The van der Waals surface area contributed by atoms with Gasteiger partial charge in [-0.2, -0.15) is 0 Å². The summed E-state index contributed by atoms with van der Waals surface area (Å²) >= 11 is 0. The Bertz CT molecular complexity index is 160. The minimum Gasteiger partial charge on any atom is -0.392 e. The largest absolute Gasteiger partial charge is 0.392 e. The fraction of sp³-hybridized carbons (Fsp3) is 0.800. The Morgan fingerprint density at radius 3 is 2.73 bits per heavy atom. The fourth-order valence-electron chi connectivity index (χ4n) is 1.52. The summed E-state index contributed by atoms with van der Waals surface area (Å²) in [6.45, 7) is 4.84. The van der Waals surface area contributed by atoms with Crippen LogP contribution in [0.1, 0.15) is 39.5 Å². The van der Waals surface area contributed by atoms with Crippen LogP contribution in [0.15, 0.2) is 11.6 Å². The van der Waals surface area contributed by atoms with Crippen molar-refractivity contribution in [2.45, 2.75) is 39.5 Å². The number of allylic oxidation sites excluding steroid dienone is 1. The van der Waals surface area contributed by atoms with E-state index in [4.69, 9.17) is 5.11 Å². The van der Waals surface area contributed by atoms with Crippen molar-refractivity contribution >= 4 is 0 Å². The Balaban J connectivity index is 2.53. The molecule has 0 aromatic carbocycles. The van der Waals surface area contributed by atoms with E-state index in [1.807, 2.05) is 0 Å². The van der Waals surface area contributed by atoms with E-state index >= 15 is 0 Å². The van der Waals surface area contributed by atoms with Crippen molar-refractivity contribution in [3.8, 4) is 0 Å². The van der Waals surface area contributed by atoms with Gasteiger partial charge in [0.05, 0.1) is 6.61 Å². The average molecular weight is 154 g/mol. The maximum Gasteiger partial charge on any atom is 0.0641 e. The number of hydrogen-bond acceptors (Lipinski definition) is 1. The van der Waals surface area contributed by atoms with Crippen molar-refractivity contribution < 1.29 is 5.11 Å². The first-order chi connectivity index (χ1) is 5.20. The molecule has 1 N–H and O–H groups in total. The van der Waals surface area contributed by atoms with Crippen LogP contribution in [0.25, 0.3) is 0 Å². The van der Waals surface area contributed by atoms with Crippen molar-refractivity contribution in [2.75, 3.05) is 6.61 Å². The SMILES string of the molecule is CCC1(C)CC=C(CO)CC1. The summed E-state index contributed by atoms with van der Waals surface area (Å²) in [7, 11) is 0. The Hall–Kier alpha value is -0.300. The minimum atomic E-state index is 0.264. The van der Waals surface area contributed by atoms with Gasteiger partial charge in [-0.25, -0.2) is 0 Å². The van der Waals surface area contributed by atoms with Gasteiger partial charge in [-0.3, -0.25) is 0 Å². The Morgan fingerprint density at radius 2 is 2.36 bits per heavy atom. The second-order valence-corrected chi connectivity index (χ2v) is 3.89. The van der Waals surface area contributed by atoms with Gasteiger partial charge in [0.1, 0.15) is 0 Å². The Morgan fingerprint density at radius 1 is 1.64 bits per heavy atom. The maximum atomic E-state index is 8.87. The van der Waals surface area contributed by atoms with Gasteiger partial charge < -0.3 is 5.11 Å². The third-order valence-corrected chi connectivity index (χ3v) is 2.99. The van der Waals surface area contributed by atoms with Crippen molar-refractivity contribution in [3.05, 3.63) is 11.6 Å². The van der Waals surface area contributed by atoms with Crippen molar-refractivity contribution in [3.63, 3.8) is 0 Å². The van der Waals surface area contributed by atoms with Crippen LogP contribution in [0, 0.1) is 5.41 Å². The van der Waals surface area contributed by atoms with E-state index in [-0.39, 0.29) is 6.61 Å². The molecule has 0 radical (unpaired) electrons. The molecule has 0 saturated carbocycles. The highest BCUT2D eigenvalue weighted by Gasteiger charge is 2.24. The molecule has 1 heteroatoms. The lowest BCUT2D eigenvalue weighted by atomic mass is 9.75. The third kappa shape index (κ3) is 2.06. The van der Waals surface area contributed by atoms with Gasteiger partial charge in [0.15, 0.2) is 0 Å². The monoisotopic (exact) mass is 154 g/mol. The molecule has 0 amide bonds. The summed E-state index contributed by atoms with van der Waals surface area (Å²) in [5, 5.41) is 8.87. The highest BCUT2D eigenvalue weighted by Crippen LogP contribution is 2.37. The van der Waals surface area contributed by atoms with Gasteiger partial charge in [-0.15, -0.1) is 0 Å². The van der Waals surface area contributed by atoms with E-state index in [1.54, 1.807) is 0 Å². The smallest absolute Gasteiger partial charge is 0.0641 e. The van der Waals surface area contributed by atoms with E-state index in [0.29, 0.717) is 5.41 Å². The number of rotatable bonds is 2. The summed E-state index contributed by atoms with van der Waals surface area (Å²) in [5.74, 6) is 0. The van der Waals surface area contributed by atoms with Crippen molar-refractivity contribution in [1.82, 2.24) is 0 Å². The number of aliphatic hydroxyl groups is 1. The van der Waals surface area contributed by atoms with Gasteiger partial charge >= 0.3 is 0 Å². The summed E-state index contributed by atoms with van der Waals surface area (Å²) < 4.78 is 0. The third-order valence-electron chi connectivity index (χ3n) is 2.99. The average Bonchev–Trinajstić information content (AvgIpc) is 2.06. The molecule has 1 aliphatic carbocycles. The van der Waals surface area contributed by atoms with Gasteiger partial charge in [-0.1, -0.05) is 26.3 Å². The molecule has 1 rings (SSSR count). The normalized spacial score (nSPS) is 31.7. The molecule has 0 heterocycles. The molecule has 0 bridgehead atoms. The molecule has 64 valence electrons. The van der Waals surface area contributed by atoms with Crippen molar-refractivity contribution in [1.29, 1.82) is 0 Å². The minimum absolute atomic E-state index is 0.264. The van der Waals surface area contributed by atoms with Gasteiger partial charge in [0.2, 0.25) is 0 Å². The molecule has 0 aromatic heterocycles. The van der Waals surface area contributed by atoms with E-state index in [2.05, 4.69) is 19.9 Å². The van der Waals surface area contributed by atoms with Crippen LogP contribution in [0.2, 0.25) is 0 Å². The van der Waals surface area contributed by atoms with Crippen LogP contribution in [-0.4, -0.2) is 11.7 Å². The Labute approximate surface area is 69.1 Å².